The maximum absolute atomic E-state index is 12.2. The molecule has 0 unspecified atom stereocenters. The van der Waals surface area contributed by atoms with Crippen molar-refractivity contribution in [3.05, 3.63) is 34.1 Å². The number of aromatic carboxylic acids is 1. The molecular weight excluding hydrogens is 344 g/mol. The molecule has 2 aromatic rings. The van der Waals surface area contributed by atoms with E-state index < -0.39 is 40.2 Å². The smallest absolute Gasteiger partial charge is 0.407 e. The van der Waals surface area contributed by atoms with E-state index in [1.165, 1.54) is 4.57 Å². The highest BCUT2D eigenvalue weighted by atomic mass is 16.6. The number of carboxylic acids is 1. The third-order valence-corrected chi connectivity index (χ3v) is 3.43. The molecule has 1 amide bonds. The van der Waals surface area contributed by atoms with E-state index in [0.29, 0.717) is 0 Å². The summed E-state index contributed by atoms with van der Waals surface area (Å²) in [5.74, 6) is -2.40. The predicted molar refractivity (Wildman–Crippen MR) is 92.7 cm³/mol. The molecule has 0 saturated carbocycles. The molecule has 9 nitrogen and oxygen atoms in total. The normalized spacial score (nSPS) is 11.3. The van der Waals surface area contributed by atoms with Gasteiger partial charge >= 0.3 is 12.1 Å². The van der Waals surface area contributed by atoms with Crippen molar-refractivity contribution in [1.29, 1.82) is 0 Å². The molecule has 4 N–H and O–H groups in total. The van der Waals surface area contributed by atoms with Gasteiger partial charge < -0.3 is 29.9 Å². The van der Waals surface area contributed by atoms with Gasteiger partial charge in [0.2, 0.25) is 5.43 Å². The summed E-state index contributed by atoms with van der Waals surface area (Å²) in [6.07, 6.45) is 0.488. The number of nitrogens with one attached hydrogen (secondary N) is 1. The molecule has 1 aromatic carbocycles. The molecule has 0 aliphatic carbocycles. The summed E-state index contributed by atoms with van der Waals surface area (Å²) in [4.78, 5) is 35.2. The summed E-state index contributed by atoms with van der Waals surface area (Å²) in [5.41, 5.74) is -1.70. The van der Waals surface area contributed by atoms with E-state index in [-0.39, 0.29) is 24.0 Å². The topological polar surface area (TPSA) is 138 Å². The Labute approximate surface area is 148 Å². The number of rotatable bonds is 4. The molecule has 0 atom stereocenters. The minimum Gasteiger partial charge on any atom is -0.504 e. The Balaban J connectivity index is 2.35. The van der Waals surface area contributed by atoms with Crippen LogP contribution in [0.4, 0.5) is 4.79 Å². The minimum absolute atomic E-state index is 0.0579. The molecule has 26 heavy (non-hydrogen) atoms. The van der Waals surface area contributed by atoms with Crippen LogP contribution in [0.25, 0.3) is 10.9 Å². The number of hydrogen-bond donors (Lipinski definition) is 4. The van der Waals surface area contributed by atoms with Crippen LogP contribution in [0.2, 0.25) is 0 Å². The maximum atomic E-state index is 12.2. The van der Waals surface area contributed by atoms with Gasteiger partial charge in [-0.3, -0.25) is 4.79 Å². The second-order valence-electron chi connectivity index (χ2n) is 6.66. The Morgan fingerprint density at radius 3 is 2.38 bits per heavy atom. The zero-order valence-corrected chi connectivity index (χ0v) is 14.6. The van der Waals surface area contributed by atoms with Crippen LogP contribution >= 0.6 is 0 Å². The molecule has 0 saturated heterocycles. The lowest BCUT2D eigenvalue weighted by Crippen LogP contribution is -2.34. The number of benzene rings is 1. The average Bonchev–Trinajstić information content (AvgIpc) is 2.49. The number of carbonyl (C=O) groups excluding carboxylic acids is 1. The maximum Gasteiger partial charge on any atom is 0.407 e. The van der Waals surface area contributed by atoms with Crippen LogP contribution in [0.3, 0.4) is 0 Å². The Morgan fingerprint density at radius 1 is 1.19 bits per heavy atom. The standard InChI is InChI=1S/C17H20N2O7/c1-17(2,3)26-16(25)18-4-5-19-8-10(15(23)24)14(22)9-6-12(20)13(21)7-11(9)19/h6-8,20-21H,4-5H2,1-3H3,(H,18,25)(H,23,24). The molecule has 1 aromatic heterocycles. The van der Waals surface area contributed by atoms with Crippen LogP contribution in [0.1, 0.15) is 31.1 Å². The van der Waals surface area contributed by atoms with Crippen molar-refractivity contribution in [2.75, 3.05) is 6.54 Å². The van der Waals surface area contributed by atoms with E-state index in [9.17, 15) is 29.7 Å². The Morgan fingerprint density at radius 2 is 1.81 bits per heavy atom. The van der Waals surface area contributed by atoms with E-state index >= 15 is 0 Å². The van der Waals surface area contributed by atoms with Crippen molar-refractivity contribution in [3.8, 4) is 11.5 Å². The summed E-state index contributed by atoms with van der Waals surface area (Å²) < 4.78 is 6.50. The van der Waals surface area contributed by atoms with Gasteiger partial charge in [-0.1, -0.05) is 0 Å². The molecule has 0 aliphatic rings. The van der Waals surface area contributed by atoms with Crippen molar-refractivity contribution in [1.82, 2.24) is 9.88 Å². The number of pyridine rings is 1. The third kappa shape index (κ3) is 4.24. The van der Waals surface area contributed by atoms with Crippen LogP contribution in [0, 0.1) is 0 Å². The molecule has 2 rings (SSSR count). The number of carbonyl (C=O) groups is 2. The fourth-order valence-electron chi connectivity index (χ4n) is 2.34. The van der Waals surface area contributed by atoms with Crippen molar-refractivity contribution in [3.63, 3.8) is 0 Å². The fourth-order valence-corrected chi connectivity index (χ4v) is 2.34. The van der Waals surface area contributed by atoms with Crippen LogP contribution in [-0.2, 0) is 11.3 Å². The molecule has 0 fully saturated rings. The number of hydrogen-bond acceptors (Lipinski definition) is 6. The quantitative estimate of drug-likeness (QED) is 0.605. The molecule has 9 heteroatoms. The first-order valence-corrected chi connectivity index (χ1v) is 7.79. The summed E-state index contributed by atoms with van der Waals surface area (Å²) in [5, 5.41) is 30.9. The number of aromatic hydroxyl groups is 2. The van der Waals surface area contributed by atoms with Crippen LogP contribution in [0.5, 0.6) is 11.5 Å². The van der Waals surface area contributed by atoms with Crippen LogP contribution in [-0.4, -0.2) is 44.1 Å². The molecule has 0 aliphatic heterocycles. The van der Waals surface area contributed by atoms with Gasteiger partial charge in [0.15, 0.2) is 11.5 Å². The summed E-state index contributed by atoms with van der Waals surface area (Å²) >= 11 is 0. The van der Waals surface area contributed by atoms with Crippen molar-refractivity contribution in [2.45, 2.75) is 32.9 Å². The minimum atomic E-state index is -1.42. The highest BCUT2D eigenvalue weighted by Gasteiger charge is 2.18. The molecule has 0 bridgehead atoms. The lowest BCUT2D eigenvalue weighted by atomic mass is 10.1. The Hall–Kier alpha value is -3.23. The van der Waals surface area contributed by atoms with Gasteiger partial charge in [-0.15, -0.1) is 0 Å². The summed E-state index contributed by atoms with van der Waals surface area (Å²) in [6.45, 7) is 5.36. The number of nitrogens with zero attached hydrogens (tertiary/aromatic N) is 1. The third-order valence-electron chi connectivity index (χ3n) is 3.43. The van der Waals surface area contributed by atoms with Gasteiger partial charge in [0, 0.05) is 25.4 Å². The zero-order chi connectivity index (χ0) is 19.6. The Kier molecular flexibility index (Phi) is 5.10. The molecule has 140 valence electrons. The fraction of sp³-hybridized carbons (Fsp3) is 0.353. The largest absolute Gasteiger partial charge is 0.504 e. The van der Waals surface area contributed by atoms with Gasteiger partial charge in [-0.2, -0.15) is 0 Å². The number of phenols is 2. The first-order chi connectivity index (χ1) is 12.0. The first kappa shape index (κ1) is 19.1. The number of ether oxygens (including phenoxy) is 1. The average molecular weight is 364 g/mol. The van der Waals surface area contributed by atoms with Gasteiger partial charge in [0.1, 0.15) is 11.2 Å². The zero-order valence-electron chi connectivity index (χ0n) is 14.6. The van der Waals surface area contributed by atoms with Crippen molar-refractivity contribution < 1.29 is 29.6 Å². The van der Waals surface area contributed by atoms with Gasteiger partial charge in [-0.05, 0) is 26.8 Å². The number of amides is 1. The van der Waals surface area contributed by atoms with E-state index in [4.69, 9.17) is 4.74 Å². The van der Waals surface area contributed by atoms with Crippen molar-refractivity contribution >= 4 is 23.0 Å². The SMILES string of the molecule is CC(C)(C)OC(=O)NCCn1cc(C(=O)O)c(=O)c2cc(O)c(O)cc21. The second-order valence-corrected chi connectivity index (χ2v) is 6.66. The van der Waals surface area contributed by atoms with E-state index in [0.717, 1.165) is 18.3 Å². The van der Waals surface area contributed by atoms with Crippen LogP contribution < -0.4 is 10.7 Å². The van der Waals surface area contributed by atoms with E-state index in [1.807, 2.05) is 0 Å². The lowest BCUT2D eigenvalue weighted by molar-refractivity contribution is 0.0525. The second kappa shape index (κ2) is 6.95. The van der Waals surface area contributed by atoms with Gasteiger partial charge in [0.25, 0.3) is 0 Å². The molecular formula is C17H20N2O7. The molecule has 0 spiro atoms. The summed E-state index contributed by atoms with van der Waals surface area (Å²) in [7, 11) is 0. The monoisotopic (exact) mass is 364 g/mol. The van der Waals surface area contributed by atoms with E-state index in [1.54, 1.807) is 20.8 Å². The van der Waals surface area contributed by atoms with Gasteiger partial charge in [0.05, 0.1) is 10.9 Å². The lowest BCUT2D eigenvalue weighted by Gasteiger charge is -2.20. The molecule has 0 radical (unpaired) electrons. The van der Waals surface area contributed by atoms with Crippen molar-refractivity contribution in [2.24, 2.45) is 0 Å². The summed E-state index contributed by atoms with van der Waals surface area (Å²) in [6, 6.07) is 2.17. The van der Waals surface area contributed by atoms with Crippen LogP contribution in [0.15, 0.2) is 23.1 Å². The first-order valence-electron chi connectivity index (χ1n) is 7.79. The number of aromatic nitrogens is 1. The van der Waals surface area contributed by atoms with E-state index in [2.05, 4.69) is 5.32 Å². The number of carboxylic acid groups (broad SMARTS) is 1. The highest BCUT2D eigenvalue weighted by Crippen LogP contribution is 2.29. The number of phenolic OH excluding ortho intramolecular Hbond substituents is 2. The highest BCUT2D eigenvalue weighted by molar-refractivity contribution is 5.93. The van der Waals surface area contributed by atoms with Gasteiger partial charge in [-0.25, -0.2) is 9.59 Å². The predicted octanol–water partition coefficient (Wildman–Crippen LogP) is 1.64. The molecule has 1 heterocycles. The Bertz CT molecular complexity index is 925. The number of alkyl carbamates (subject to hydrolysis) is 1. The number of fused-ring (bicyclic) bond motifs is 1.